The van der Waals surface area contributed by atoms with Crippen molar-refractivity contribution in [1.82, 2.24) is 14.5 Å². The third kappa shape index (κ3) is 7.87. The van der Waals surface area contributed by atoms with Gasteiger partial charge >= 0.3 is 0 Å². The number of rotatable bonds is 12. The largest absolute Gasteiger partial charge is 0.320 e. The molecule has 0 fully saturated rings. The van der Waals surface area contributed by atoms with Crippen molar-refractivity contribution < 1.29 is 8.42 Å². The molecule has 116 valence electrons. The van der Waals surface area contributed by atoms with E-state index in [9.17, 15) is 8.42 Å². The lowest BCUT2D eigenvalue weighted by Crippen LogP contribution is -2.36. The minimum absolute atomic E-state index is 0.243. The van der Waals surface area contributed by atoms with Crippen LogP contribution in [0.4, 0.5) is 0 Å². The van der Waals surface area contributed by atoms with Gasteiger partial charge in [0.1, 0.15) is 0 Å². The van der Waals surface area contributed by atoms with Gasteiger partial charge in [0.05, 0.1) is 5.75 Å². The second-order valence-electron chi connectivity index (χ2n) is 4.65. The monoisotopic (exact) mass is 293 g/mol. The third-order valence-corrected chi connectivity index (χ3v) is 5.38. The first-order valence-corrected chi connectivity index (χ1v) is 8.97. The van der Waals surface area contributed by atoms with E-state index < -0.39 is 10.0 Å². The zero-order chi connectivity index (χ0) is 14.7. The average molecular weight is 293 g/mol. The van der Waals surface area contributed by atoms with Crippen molar-refractivity contribution in [3.05, 3.63) is 0 Å². The Labute approximate surface area is 119 Å². The van der Waals surface area contributed by atoms with Crippen LogP contribution in [0.5, 0.6) is 0 Å². The zero-order valence-corrected chi connectivity index (χ0v) is 13.8. The summed E-state index contributed by atoms with van der Waals surface area (Å²) in [4.78, 5) is 2.32. The summed E-state index contributed by atoms with van der Waals surface area (Å²) in [6.45, 7) is 11.1. The highest BCUT2D eigenvalue weighted by Crippen LogP contribution is 2.05. The SMILES string of the molecule is CCN(CC)CCCN(CC)S(=O)(=O)CCCNC. The topological polar surface area (TPSA) is 52.7 Å². The van der Waals surface area contributed by atoms with Gasteiger partial charge in [0.2, 0.25) is 10.0 Å². The van der Waals surface area contributed by atoms with E-state index in [2.05, 4.69) is 24.1 Å². The lowest BCUT2D eigenvalue weighted by Gasteiger charge is -2.23. The van der Waals surface area contributed by atoms with E-state index in [0.717, 1.165) is 32.6 Å². The van der Waals surface area contributed by atoms with Gasteiger partial charge < -0.3 is 10.2 Å². The number of nitrogens with one attached hydrogen (secondary N) is 1. The molecule has 0 bridgehead atoms. The minimum Gasteiger partial charge on any atom is -0.320 e. The summed E-state index contributed by atoms with van der Waals surface area (Å²) >= 11 is 0. The molecule has 0 aliphatic carbocycles. The normalized spacial score (nSPS) is 12.5. The highest BCUT2D eigenvalue weighted by atomic mass is 32.2. The number of hydrogen-bond acceptors (Lipinski definition) is 4. The highest BCUT2D eigenvalue weighted by molar-refractivity contribution is 7.89. The Hall–Kier alpha value is -0.170. The van der Waals surface area contributed by atoms with E-state index in [1.165, 1.54) is 0 Å². The molecule has 5 nitrogen and oxygen atoms in total. The fourth-order valence-electron chi connectivity index (χ4n) is 2.06. The second-order valence-corrected chi connectivity index (χ2v) is 6.73. The van der Waals surface area contributed by atoms with Gasteiger partial charge in [0.15, 0.2) is 0 Å². The predicted molar refractivity (Wildman–Crippen MR) is 82.0 cm³/mol. The van der Waals surface area contributed by atoms with Crippen LogP contribution in [0.2, 0.25) is 0 Å². The average Bonchev–Trinajstić information content (AvgIpc) is 2.39. The third-order valence-electron chi connectivity index (χ3n) is 3.35. The Morgan fingerprint density at radius 2 is 1.58 bits per heavy atom. The molecule has 0 aromatic carbocycles. The summed E-state index contributed by atoms with van der Waals surface area (Å²) < 4.78 is 25.9. The molecular formula is C13H31N3O2S. The Kier molecular flexibility index (Phi) is 10.5. The molecule has 0 spiro atoms. The fraction of sp³-hybridized carbons (Fsp3) is 1.00. The molecule has 0 rings (SSSR count). The molecule has 0 aliphatic heterocycles. The Bertz CT molecular complexity index is 303. The van der Waals surface area contributed by atoms with Crippen molar-refractivity contribution in [2.24, 2.45) is 0 Å². The summed E-state index contributed by atoms with van der Waals surface area (Å²) in [5.74, 6) is 0.243. The van der Waals surface area contributed by atoms with E-state index in [1.54, 1.807) is 4.31 Å². The molecule has 0 radical (unpaired) electrons. The van der Waals surface area contributed by atoms with E-state index in [-0.39, 0.29) is 5.75 Å². The van der Waals surface area contributed by atoms with Crippen LogP contribution in [0.3, 0.4) is 0 Å². The van der Waals surface area contributed by atoms with Crippen LogP contribution in [0.25, 0.3) is 0 Å². The quantitative estimate of drug-likeness (QED) is 0.545. The van der Waals surface area contributed by atoms with Gasteiger partial charge in [-0.1, -0.05) is 20.8 Å². The van der Waals surface area contributed by atoms with Crippen molar-refractivity contribution in [1.29, 1.82) is 0 Å². The number of nitrogens with zero attached hydrogens (tertiary/aromatic N) is 2. The van der Waals surface area contributed by atoms with Crippen molar-refractivity contribution >= 4 is 10.0 Å². The van der Waals surface area contributed by atoms with Gasteiger partial charge in [-0.3, -0.25) is 0 Å². The van der Waals surface area contributed by atoms with Crippen LogP contribution < -0.4 is 5.32 Å². The van der Waals surface area contributed by atoms with Crippen LogP contribution in [0.15, 0.2) is 0 Å². The van der Waals surface area contributed by atoms with E-state index in [0.29, 0.717) is 19.5 Å². The Morgan fingerprint density at radius 1 is 0.947 bits per heavy atom. The lowest BCUT2D eigenvalue weighted by atomic mass is 10.3. The number of hydrogen-bond donors (Lipinski definition) is 1. The molecule has 0 unspecified atom stereocenters. The minimum atomic E-state index is -3.08. The molecule has 19 heavy (non-hydrogen) atoms. The maximum Gasteiger partial charge on any atom is 0.214 e. The molecule has 6 heteroatoms. The summed E-state index contributed by atoms with van der Waals surface area (Å²) in [5, 5.41) is 2.98. The maximum atomic E-state index is 12.1. The summed E-state index contributed by atoms with van der Waals surface area (Å²) in [6.07, 6.45) is 1.58. The lowest BCUT2D eigenvalue weighted by molar-refractivity contribution is 0.285. The van der Waals surface area contributed by atoms with Crippen molar-refractivity contribution in [2.75, 3.05) is 52.1 Å². The molecular weight excluding hydrogens is 262 g/mol. The molecule has 0 saturated carbocycles. The second kappa shape index (κ2) is 10.6. The van der Waals surface area contributed by atoms with Crippen molar-refractivity contribution in [3.63, 3.8) is 0 Å². The smallest absolute Gasteiger partial charge is 0.214 e. The van der Waals surface area contributed by atoms with E-state index >= 15 is 0 Å². The molecule has 0 heterocycles. The molecule has 0 aromatic rings. The molecule has 0 atom stereocenters. The van der Waals surface area contributed by atoms with Crippen LogP contribution in [-0.4, -0.2) is 69.7 Å². The standard InChI is InChI=1S/C13H31N3O2S/c1-5-15(6-2)11-9-12-16(7-3)19(17,18)13-8-10-14-4/h14H,5-13H2,1-4H3. The zero-order valence-electron chi connectivity index (χ0n) is 13.0. The highest BCUT2D eigenvalue weighted by Gasteiger charge is 2.19. The van der Waals surface area contributed by atoms with E-state index in [4.69, 9.17) is 0 Å². The summed E-state index contributed by atoms with van der Waals surface area (Å²) in [7, 11) is -1.24. The van der Waals surface area contributed by atoms with Gasteiger partial charge in [-0.2, -0.15) is 0 Å². The Balaban J connectivity index is 4.17. The first-order chi connectivity index (χ1) is 9.01. The molecule has 0 aliphatic rings. The molecule has 0 saturated heterocycles. The predicted octanol–water partition coefficient (Wildman–Crippen LogP) is 0.980. The van der Waals surface area contributed by atoms with Gasteiger partial charge in [-0.15, -0.1) is 0 Å². The van der Waals surface area contributed by atoms with Gasteiger partial charge in [0.25, 0.3) is 0 Å². The van der Waals surface area contributed by atoms with Crippen LogP contribution >= 0.6 is 0 Å². The first-order valence-electron chi connectivity index (χ1n) is 7.36. The van der Waals surface area contributed by atoms with Crippen LogP contribution in [-0.2, 0) is 10.0 Å². The first kappa shape index (κ1) is 18.8. The van der Waals surface area contributed by atoms with Crippen molar-refractivity contribution in [3.8, 4) is 0 Å². The molecule has 0 aromatic heterocycles. The fourth-order valence-corrected chi connectivity index (χ4v) is 3.63. The van der Waals surface area contributed by atoms with Crippen LogP contribution in [0.1, 0.15) is 33.6 Å². The number of sulfonamides is 1. The maximum absolute atomic E-state index is 12.1. The summed E-state index contributed by atoms with van der Waals surface area (Å²) in [5.41, 5.74) is 0. The molecule has 0 amide bonds. The van der Waals surface area contributed by atoms with Crippen molar-refractivity contribution in [2.45, 2.75) is 33.6 Å². The van der Waals surface area contributed by atoms with Gasteiger partial charge in [-0.25, -0.2) is 12.7 Å². The van der Waals surface area contributed by atoms with Gasteiger partial charge in [-0.05, 0) is 46.1 Å². The molecule has 1 N–H and O–H groups in total. The van der Waals surface area contributed by atoms with Gasteiger partial charge in [0, 0.05) is 13.1 Å². The summed E-state index contributed by atoms with van der Waals surface area (Å²) in [6, 6.07) is 0. The Morgan fingerprint density at radius 3 is 2.05 bits per heavy atom. The van der Waals surface area contributed by atoms with E-state index in [1.807, 2.05) is 14.0 Å². The van der Waals surface area contributed by atoms with Crippen LogP contribution in [0, 0.1) is 0 Å².